The lowest BCUT2D eigenvalue weighted by Gasteiger charge is -2.21. The van der Waals surface area contributed by atoms with Gasteiger partial charge in [0, 0.05) is 6.42 Å². The lowest BCUT2D eigenvalue weighted by Crippen LogP contribution is -2.25. The minimum absolute atomic E-state index is 0.182. The fourth-order valence-corrected chi connectivity index (χ4v) is 1.59. The van der Waals surface area contributed by atoms with Crippen LogP contribution >= 0.6 is 0 Å². The van der Waals surface area contributed by atoms with Gasteiger partial charge in [-0.2, -0.15) is 0 Å². The average molecular weight is 188 g/mol. The minimum Gasteiger partial charge on any atom is -0.393 e. The van der Waals surface area contributed by atoms with E-state index in [2.05, 4.69) is 0 Å². The zero-order valence-electron chi connectivity index (χ0n) is 8.58. The quantitative estimate of drug-likeness (QED) is 0.667. The van der Waals surface area contributed by atoms with Crippen LogP contribution < -0.4 is 0 Å². The first-order chi connectivity index (χ1) is 6.12. The highest BCUT2D eigenvalue weighted by Gasteiger charge is 2.29. The second-order valence-electron chi connectivity index (χ2n) is 3.93. The molecule has 0 spiro atoms. The number of unbranched alkanes of at least 4 members (excludes halogenated alkanes) is 1. The molecule has 1 atom stereocenters. The Balaban J connectivity index is 2.04. The van der Waals surface area contributed by atoms with Crippen molar-refractivity contribution in [3.05, 3.63) is 0 Å². The molecule has 0 aromatic rings. The summed E-state index contributed by atoms with van der Waals surface area (Å²) < 4.78 is 10.9. The van der Waals surface area contributed by atoms with Crippen LogP contribution in [0, 0.1) is 0 Å². The smallest absolute Gasteiger partial charge is 0.165 e. The van der Waals surface area contributed by atoms with Crippen molar-refractivity contribution in [2.75, 3.05) is 13.2 Å². The van der Waals surface area contributed by atoms with Crippen molar-refractivity contribution < 1.29 is 14.6 Å². The molecule has 13 heavy (non-hydrogen) atoms. The topological polar surface area (TPSA) is 38.7 Å². The molecule has 1 fully saturated rings. The predicted molar refractivity (Wildman–Crippen MR) is 50.5 cm³/mol. The molecule has 0 bridgehead atoms. The molecule has 0 aromatic carbocycles. The van der Waals surface area contributed by atoms with Crippen LogP contribution in [-0.4, -0.2) is 30.2 Å². The van der Waals surface area contributed by atoms with Crippen LogP contribution in [0.3, 0.4) is 0 Å². The van der Waals surface area contributed by atoms with Crippen molar-refractivity contribution in [2.24, 2.45) is 0 Å². The third kappa shape index (κ3) is 4.07. The Morgan fingerprint density at radius 1 is 1.31 bits per heavy atom. The molecule has 1 rings (SSSR count). The summed E-state index contributed by atoms with van der Waals surface area (Å²) in [5.41, 5.74) is 0. The lowest BCUT2D eigenvalue weighted by molar-refractivity contribution is -0.147. The van der Waals surface area contributed by atoms with Gasteiger partial charge in [-0.15, -0.1) is 0 Å². The van der Waals surface area contributed by atoms with E-state index in [0.717, 1.165) is 25.7 Å². The van der Waals surface area contributed by atoms with Crippen LogP contribution in [0.5, 0.6) is 0 Å². The van der Waals surface area contributed by atoms with Crippen molar-refractivity contribution in [1.29, 1.82) is 0 Å². The van der Waals surface area contributed by atoms with Gasteiger partial charge in [-0.3, -0.25) is 0 Å². The molecular weight excluding hydrogens is 168 g/mol. The number of ether oxygens (including phenoxy) is 2. The molecule has 0 aromatic heterocycles. The van der Waals surface area contributed by atoms with Gasteiger partial charge in [0.25, 0.3) is 0 Å². The highest BCUT2D eigenvalue weighted by atomic mass is 16.7. The molecule has 1 aliphatic heterocycles. The summed E-state index contributed by atoms with van der Waals surface area (Å²) in [5, 5.41) is 9.05. The fraction of sp³-hybridized carbons (Fsp3) is 1.00. The Labute approximate surface area is 80.0 Å². The largest absolute Gasteiger partial charge is 0.393 e. The molecule has 0 unspecified atom stereocenters. The van der Waals surface area contributed by atoms with Gasteiger partial charge in [-0.05, 0) is 26.7 Å². The van der Waals surface area contributed by atoms with Crippen molar-refractivity contribution >= 4 is 0 Å². The SMILES string of the molecule is C[C@@H](O)CCCCC1(C)OCCO1. The molecule has 0 amide bonds. The highest BCUT2D eigenvalue weighted by molar-refractivity contribution is 4.68. The van der Waals surface area contributed by atoms with Gasteiger partial charge in [-0.1, -0.05) is 6.42 Å². The average Bonchev–Trinajstić information content (AvgIpc) is 2.47. The van der Waals surface area contributed by atoms with E-state index in [4.69, 9.17) is 14.6 Å². The first-order valence-electron chi connectivity index (χ1n) is 5.08. The summed E-state index contributed by atoms with van der Waals surface area (Å²) in [6.07, 6.45) is 3.72. The molecule has 1 N–H and O–H groups in total. The molecule has 3 nitrogen and oxygen atoms in total. The third-order valence-corrected chi connectivity index (χ3v) is 2.40. The maximum atomic E-state index is 9.05. The number of aliphatic hydroxyl groups is 1. The molecular formula is C10H20O3. The first kappa shape index (κ1) is 11.0. The van der Waals surface area contributed by atoms with E-state index >= 15 is 0 Å². The number of hydrogen-bond donors (Lipinski definition) is 1. The second kappa shape index (κ2) is 4.94. The Morgan fingerprint density at radius 2 is 1.92 bits per heavy atom. The summed E-state index contributed by atoms with van der Waals surface area (Å²) in [6.45, 7) is 5.24. The molecule has 0 saturated carbocycles. The summed E-state index contributed by atoms with van der Waals surface area (Å²) in [6, 6.07) is 0. The van der Waals surface area contributed by atoms with Gasteiger partial charge in [-0.25, -0.2) is 0 Å². The molecule has 3 heteroatoms. The zero-order chi connectivity index (χ0) is 9.73. The Kier molecular flexibility index (Phi) is 4.16. The number of aliphatic hydroxyl groups excluding tert-OH is 1. The second-order valence-corrected chi connectivity index (χ2v) is 3.93. The van der Waals surface area contributed by atoms with Gasteiger partial charge in [0.2, 0.25) is 0 Å². The summed E-state index contributed by atoms with van der Waals surface area (Å²) in [5.74, 6) is -0.349. The summed E-state index contributed by atoms with van der Waals surface area (Å²) >= 11 is 0. The predicted octanol–water partition coefficient (Wildman–Crippen LogP) is 1.69. The van der Waals surface area contributed by atoms with Crippen LogP contribution in [0.25, 0.3) is 0 Å². The Hall–Kier alpha value is -0.120. The molecule has 0 radical (unpaired) electrons. The standard InChI is InChI=1S/C10H20O3/c1-9(11)5-3-4-6-10(2)12-7-8-13-10/h9,11H,3-8H2,1-2H3/t9-/m1/s1. The fourth-order valence-electron chi connectivity index (χ4n) is 1.59. The maximum absolute atomic E-state index is 9.05. The molecule has 1 saturated heterocycles. The van der Waals surface area contributed by atoms with Crippen molar-refractivity contribution in [1.82, 2.24) is 0 Å². The van der Waals surface area contributed by atoms with E-state index in [0.29, 0.717) is 13.2 Å². The van der Waals surface area contributed by atoms with Crippen LogP contribution in [0.15, 0.2) is 0 Å². The maximum Gasteiger partial charge on any atom is 0.165 e. The molecule has 0 aliphatic carbocycles. The number of rotatable bonds is 5. The van der Waals surface area contributed by atoms with Crippen LogP contribution in [0.1, 0.15) is 39.5 Å². The Morgan fingerprint density at radius 3 is 2.46 bits per heavy atom. The van der Waals surface area contributed by atoms with E-state index < -0.39 is 0 Å². The van der Waals surface area contributed by atoms with Gasteiger partial charge >= 0.3 is 0 Å². The van der Waals surface area contributed by atoms with E-state index in [1.165, 1.54) is 0 Å². The van der Waals surface area contributed by atoms with E-state index in [1.54, 1.807) is 0 Å². The van der Waals surface area contributed by atoms with Crippen molar-refractivity contribution in [3.8, 4) is 0 Å². The molecule has 78 valence electrons. The minimum atomic E-state index is -0.349. The summed E-state index contributed by atoms with van der Waals surface area (Å²) in [7, 11) is 0. The van der Waals surface area contributed by atoms with Crippen LogP contribution in [0.2, 0.25) is 0 Å². The van der Waals surface area contributed by atoms with Crippen LogP contribution in [-0.2, 0) is 9.47 Å². The zero-order valence-corrected chi connectivity index (χ0v) is 8.58. The van der Waals surface area contributed by atoms with Crippen molar-refractivity contribution in [2.45, 2.75) is 51.4 Å². The van der Waals surface area contributed by atoms with E-state index in [1.807, 2.05) is 13.8 Å². The van der Waals surface area contributed by atoms with Gasteiger partial charge < -0.3 is 14.6 Å². The van der Waals surface area contributed by atoms with E-state index in [9.17, 15) is 0 Å². The summed E-state index contributed by atoms with van der Waals surface area (Å²) in [4.78, 5) is 0. The van der Waals surface area contributed by atoms with Gasteiger partial charge in [0.15, 0.2) is 5.79 Å². The normalized spacial score (nSPS) is 23.3. The van der Waals surface area contributed by atoms with Gasteiger partial charge in [0.1, 0.15) is 0 Å². The Bertz CT molecular complexity index is 139. The highest BCUT2D eigenvalue weighted by Crippen LogP contribution is 2.25. The third-order valence-electron chi connectivity index (χ3n) is 2.40. The van der Waals surface area contributed by atoms with E-state index in [-0.39, 0.29) is 11.9 Å². The van der Waals surface area contributed by atoms with Crippen molar-refractivity contribution in [3.63, 3.8) is 0 Å². The van der Waals surface area contributed by atoms with Crippen LogP contribution in [0.4, 0.5) is 0 Å². The molecule has 1 heterocycles. The monoisotopic (exact) mass is 188 g/mol. The number of hydrogen-bond acceptors (Lipinski definition) is 3. The lowest BCUT2D eigenvalue weighted by atomic mass is 10.1. The first-order valence-corrected chi connectivity index (χ1v) is 5.08. The molecule has 1 aliphatic rings. The van der Waals surface area contributed by atoms with Gasteiger partial charge in [0.05, 0.1) is 19.3 Å².